The average molecular weight is 250 g/mol. The Bertz CT molecular complexity index is 270. The van der Waals surface area contributed by atoms with Gasteiger partial charge in [-0.05, 0) is 6.92 Å². The zero-order valence-corrected chi connectivity index (χ0v) is 9.41. The summed E-state index contributed by atoms with van der Waals surface area (Å²) in [6.07, 6.45) is -5.70. The van der Waals surface area contributed by atoms with E-state index in [4.69, 9.17) is 21.1 Å². The van der Waals surface area contributed by atoms with Crippen LogP contribution in [0, 0.1) is 0 Å². The summed E-state index contributed by atoms with van der Waals surface area (Å²) < 4.78 is 0. The summed E-state index contributed by atoms with van der Waals surface area (Å²) in [5, 5.41) is 38.3. The van der Waals surface area contributed by atoms with Gasteiger partial charge in [0.2, 0.25) is 0 Å². The molecule has 100 valence electrons. The van der Waals surface area contributed by atoms with Crippen molar-refractivity contribution in [2.75, 3.05) is 13.1 Å². The summed E-state index contributed by atoms with van der Waals surface area (Å²) in [5.41, 5.74) is 5.06. The molecule has 7 N–H and O–H groups in total. The quantitative estimate of drug-likeness (QED) is 0.252. The van der Waals surface area contributed by atoms with E-state index in [0.717, 1.165) is 6.92 Å². The first-order valence-corrected chi connectivity index (χ1v) is 5.05. The number of nitrogens with two attached hydrogens (primary N) is 1. The van der Waals surface area contributed by atoms with E-state index in [1.54, 1.807) is 0 Å². The van der Waals surface area contributed by atoms with Crippen molar-refractivity contribution in [1.29, 1.82) is 0 Å². The normalized spacial score (nSPS) is 18.0. The number of hydrogen-bond donors (Lipinski definition) is 6. The highest BCUT2D eigenvalue weighted by atomic mass is 16.3. The van der Waals surface area contributed by atoms with Crippen molar-refractivity contribution < 1.29 is 30.0 Å². The van der Waals surface area contributed by atoms with E-state index in [-0.39, 0.29) is 13.1 Å². The van der Waals surface area contributed by atoms with E-state index < -0.39 is 36.1 Å². The van der Waals surface area contributed by atoms with Gasteiger partial charge in [-0.15, -0.1) is 0 Å². The molecule has 1 amide bonds. The maximum absolute atomic E-state index is 11.1. The second-order valence-corrected chi connectivity index (χ2v) is 3.63. The number of carbonyl (C=O) groups is 2. The Morgan fingerprint density at radius 1 is 1.18 bits per heavy atom. The molecular formula is C9H18N2O6. The average Bonchev–Trinajstić information content (AvgIpc) is 2.32. The van der Waals surface area contributed by atoms with Gasteiger partial charge in [0.15, 0.2) is 0 Å². The number of ketones is 1. The Balaban J connectivity index is 4.15. The van der Waals surface area contributed by atoms with E-state index >= 15 is 0 Å². The smallest absolute Gasteiger partial charge is 0.290 e. The van der Waals surface area contributed by atoms with Crippen LogP contribution in [0.5, 0.6) is 0 Å². The Hall–Kier alpha value is -1.06. The maximum atomic E-state index is 11.1. The molecule has 0 spiro atoms. The van der Waals surface area contributed by atoms with Crippen LogP contribution in [0.25, 0.3) is 0 Å². The molecule has 0 rings (SSSR count). The number of aliphatic hydroxyl groups is 4. The SMILES string of the molecule is CC(O)[C@H](O)C(=O)C(=O)NC[C@H](O)[C@@H](O)CN. The van der Waals surface area contributed by atoms with Crippen molar-refractivity contribution in [1.82, 2.24) is 5.32 Å². The Morgan fingerprint density at radius 2 is 1.71 bits per heavy atom. The van der Waals surface area contributed by atoms with Crippen molar-refractivity contribution in [3.8, 4) is 0 Å². The molecule has 0 saturated carbocycles. The second kappa shape index (κ2) is 7.30. The van der Waals surface area contributed by atoms with Gasteiger partial charge in [-0.1, -0.05) is 0 Å². The van der Waals surface area contributed by atoms with Crippen LogP contribution in [0.2, 0.25) is 0 Å². The van der Waals surface area contributed by atoms with Crippen molar-refractivity contribution >= 4 is 11.7 Å². The van der Waals surface area contributed by atoms with Crippen LogP contribution in [0.3, 0.4) is 0 Å². The fraction of sp³-hybridized carbons (Fsp3) is 0.778. The highest BCUT2D eigenvalue weighted by Crippen LogP contribution is 1.95. The monoisotopic (exact) mass is 250 g/mol. The molecule has 0 fully saturated rings. The van der Waals surface area contributed by atoms with E-state index in [1.807, 2.05) is 5.32 Å². The molecule has 8 nitrogen and oxygen atoms in total. The number of carbonyl (C=O) groups excluding carboxylic acids is 2. The molecule has 0 heterocycles. The summed E-state index contributed by atoms with van der Waals surface area (Å²) in [7, 11) is 0. The topological polar surface area (TPSA) is 153 Å². The Labute approximate surface area is 98.0 Å². The minimum Gasteiger partial charge on any atom is -0.390 e. The van der Waals surface area contributed by atoms with Crippen LogP contribution in [-0.2, 0) is 9.59 Å². The fourth-order valence-corrected chi connectivity index (χ4v) is 0.931. The van der Waals surface area contributed by atoms with Crippen LogP contribution in [-0.4, -0.2) is 69.6 Å². The lowest BCUT2D eigenvalue weighted by atomic mass is 10.1. The molecule has 0 saturated heterocycles. The van der Waals surface area contributed by atoms with Gasteiger partial charge >= 0.3 is 0 Å². The third-order valence-electron chi connectivity index (χ3n) is 2.11. The van der Waals surface area contributed by atoms with Crippen molar-refractivity contribution in [3.05, 3.63) is 0 Å². The number of rotatable bonds is 7. The lowest BCUT2D eigenvalue weighted by molar-refractivity contribution is -0.146. The van der Waals surface area contributed by atoms with Gasteiger partial charge in [0.1, 0.15) is 6.10 Å². The van der Waals surface area contributed by atoms with Crippen LogP contribution in [0.4, 0.5) is 0 Å². The van der Waals surface area contributed by atoms with Crippen LogP contribution >= 0.6 is 0 Å². The minimum atomic E-state index is -1.81. The molecule has 0 aliphatic rings. The predicted molar refractivity (Wildman–Crippen MR) is 56.8 cm³/mol. The van der Waals surface area contributed by atoms with Gasteiger partial charge in [0.25, 0.3) is 11.7 Å². The van der Waals surface area contributed by atoms with Gasteiger partial charge < -0.3 is 31.5 Å². The Morgan fingerprint density at radius 3 is 2.12 bits per heavy atom. The van der Waals surface area contributed by atoms with Crippen molar-refractivity contribution in [2.45, 2.75) is 31.3 Å². The summed E-state index contributed by atoms with van der Waals surface area (Å²) in [6, 6.07) is 0. The zero-order valence-electron chi connectivity index (χ0n) is 9.41. The molecule has 4 atom stereocenters. The third-order valence-corrected chi connectivity index (χ3v) is 2.11. The number of aliphatic hydroxyl groups excluding tert-OH is 4. The summed E-state index contributed by atoms with van der Waals surface area (Å²) in [5.74, 6) is -2.36. The minimum absolute atomic E-state index is 0.193. The maximum Gasteiger partial charge on any atom is 0.290 e. The Kier molecular flexibility index (Phi) is 6.85. The molecule has 0 aromatic rings. The van der Waals surface area contributed by atoms with Gasteiger partial charge in [0, 0.05) is 13.1 Å². The van der Waals surface area contributed by atoms with Crippen molar-refractivity contribution in [3.63, 3.8) is 0 Å². The first kappa shape index (κ1) is 15.9. The zero-order chi connectivity index (χ0) is 13.6. The molecule has 17 heavy (non-hydrogen) atoms. The largest absolute Gasteiger partial charge is 0.390 e. The summed E-state index contributed by atoms with van der Waals surface area (Å²) >= 11 is 0. The van der Waals surface area contributed by atoms with Gasteiger partial charge in [-0.3, -0.25) is 9.59 Å². The summed E-state index contributed by atoms with van der Waals surface area (Å²) in [6.45, 7) is 0.583. The first-order chi connectivity index (χ1) is 7.81. The lowest BCUT2D eigenvalue weighted by Crippen LogP contribution is -2.47. The predicted octanol–water partition coefficient (Wildman–Crippen LogP) is -3.91. The third kappa shape index (κ3) is 5.20. The molecule has 0 aromatic heterocycles. The van der Waals surface area contributed by atoms with E-state index in [9.17, 15) is 14.7 Å². The molecule has 0 radical (unpaired) electrons. The molecule has 8 heteroatoms. The van der Waals surface area contributed by atoms with E-state index in [1.165, 1.54) is 0 Å². The number of hydrogen-bond acceptors (Lipinski definition) is 7. The first-order valence-electron chi connectivity index (χ1n) is 5.05. The molecule has 0 aromatic carbocycles. The fourth-order valence-electron chi connectivity index (χ4n) is 0.931. The number of nitrogens with one attached hydrogen (secondary N) is 1. The molecule has 1 unspecified atom stereocenters. The summed E-state index contributed by atoms with van der Waals surface area (Å²) in [4.78, 5) is 22.3. The number of Topliss-reactive ketones (excluding diaryl/α,β-unsaturated/α-hetero) is 1. The number of amides is 1. The van der Waals surface area contributed by atoms with Gasteiger partial charge in [0.05, 0.1) is 18.3 Å². The van der Waals surface area contributed by atoms with Crippen LogP contribution in [0.15, 0.2) is 0 Å². The highest BCUT2D eigenvalue weighted by molar-refractivity contribution is 6.37. The van der Waals surface area contributed by atoms with Crippen LogP contribution < -0.4 is 11.1 Å². The highest BCUT2D eigenvalue weighted by Gasteiger charge is 2.27. The molecule has 0 aliphatic carbocycles. The van der Waals surface area contributed by atoms with Gasteiger partial charge in [-0.2, -0.15) is 0 Å². The lowest BCUT2D eigenvalue weighted by Gasteiger charge is -2.17. The van der Waals surface area contributed by atoms with Crippen LogP contribution in [0.1, 0.15) is 6.92 Å². The van der Waals surface area contributed by atoms with Crippen molar-refractivity contribution in [2.24, 2.45) is 5.73 Å². The second-order valence-electron chi connectivity index (χ2n) is 3.63. The molecular weight excluding hydrogens is 232 g/mol. The standard InChI is InChI=1S/C9H18N2O6/c1-4(12)7(15)8(16)9(17)11-3-6(14)5(13)2-10/h4-7,12-15H,2-3,10H2,1H3,(H,11,17)/t4?,5-,6-,7-/m0/s1. The molecule has 0 aliphatic heterocycles. The van der Waals surface area contributed by atoms with E-state index in [0.29, 0.717) is 0 Å². The molecule has 0 bridgehead atoms. The van der Waals surface area contributed by atoms with E-state index in [2.05, 4.69) is 0 Å². The van der Waals surface area contributed by atoms with Gasteiger partial charge in [-0.25, -0.2) is 0 Å².